The Hall–Kier alpha value is -3.56. The van der Waals surface area contributed by atoms with Crippen molar-refractivity contribution in [2.24, 2.45) is 0 Å². The monoisotopic (exact) mass is 451 g/mol. The van der Waals surface area contributed by atoms with Gasteiger partial charge in [0, 0.05) is 44.1 Å². The number of pyridine rings is 1. The van der Waals surface area contributed by atoms with E-state index in [2.05, 4.69) is 9.88 Å². The van der Waals surface area contributed by atoms with Gasteiger partial charge in [0.25, 0.3) is 11.7 Å². The van der Waals surface area contributed by atoms with Crippen LogP contribution in [0.5, 0.6) is 0 Å². The number of nitrogens with zero attached hydrogens (tertiary/aromatic N) is 3. The molecule has 2 fully saturated rings. The van der Waals surface area contributed by atoms with E-state index in [1.54, 1.807) is 36.4 Å². The largest absolute Gasteiger partial charge is 0.507 e. The number of morpholine rings is 1. The molecule has 172 valence electrons. The molecule has 0 spiro atoms. The third-order valence-corrected chi connectivity index (χ3v) is 5.90. The zero-order chi connectivity index (χ0) is 23.4. The Balaban J connectivity index is 1.72. The van der Waals surface area contributed by atoms with Crippen molar-refractivity contribution < 1.29 is 29.0 Å². The summed E-state index contributed by atoms with van der Waals surface area (Å²) in [5.41, 5.74) is 1.37. The Kier molecular flexibility index (Phi) is 6.81. The summed E-state index contributed by atoms with van der Waals surface area (Å²) in [6, 6.07) is 8.87. The number of likely N-dealkylation sites (tertiary alicyclic amines) is 1. The molecule has 33 heavy (non-hydrogen) atoms. The van der Waals surface area contributed by atoms with Crippen LogP contribution in [0, 0.1) is 0 Å². The first-order valence-corrected chi connectivity index (χ1v) is 10.7. The molecule has 1 aromatic heterocycles. The molecule has 2 aliphatic heterocycles. The molecule has 1 amide bonds. The molecule has 9 heteroatoms. The normalized spacial score (nSPS) is 20.8. The van der Waals surface area contributed by atoms with Gasteiger partial charge in [-0.2, -0.15) is 0 Å². The molecule has 0 radical (unpaired) electrons. The summed E-state index contributed by atoms with van der Waals surface area (Å²) in [5.74, 6) is -2.15. The Labute approximate surface area is 191 Å². The third kappa shape index (κ3) is 4.64. The second-order valence-electron chi connectivity index (χ2n) is 7.80. The van der Waals surface area contributed by atoms with Crippen LogP contribution >= 0.6 is 0 Å². The molecule has 1 aromatic carbocycles. The number of ether oxygens (including phenoxy) is 2. The van der Waals surface area contributed by atoms with E-state index in [-0.39, 0.29) is 11.3 Å². The highest BCUT2D eigenvalue weighted by molar-refractivity contribution is 6.46. The van der Waals surface area contributed by atoms with E-state index in [0.29, 0.717) is 43.0 Å². The Morgan fingerprint density at radius 1 is 1.06 bits per heavy atom. The fourth-order valence-electron chi connectivity index (χ4n) is 4.12. The minimum Gasteiger partial charge on any atom is -0.507 e. The molecule has 2 aliphatic rings. The number of aliphatic hydroxyl groups is 1. The molecule has 9 nitrogen and oxygen atoms in total. The van der Waals surface area contributed by atoms with Crippen molar-refractivity contribution in [1.29, 1.82) is 0 Å². The van der Waals surface area contributed by atoms with Crippen molar-refractivity contribution in [3.05, 3.63) is 71.1 Å². The van der Waals surface area contributed by atoms with Crippen LogP contribution in [0.2, 0.25) is 0 Å². The van der Waals surface area contributed by atoms with Crippen molar-refractivity contribution >= 4 is 23.4 Å². The van der Waals surface area contributed by atoms with Gasteiger partial charge in [0.2, 0.25) is 0 Å². The van der Waals surface area contributed by atoms with Crippen LogP contribution in [-0.4, -0.2) is 84.1 Å². The number of rotatable bonds is 6. The van der Waals surface area contributed by atoms with Gasteiger partial charge in [0.15, 0.2) is 0 Å². The Morgan fingerprint density at radius 2 is 1.73 bits per heavy atom. The zero-order valence-electron chi connectivity index (χ0n) is 18.3. The SMILES string of the molecule is COC(=O)c1ccc([C@@H]2C(=C(O)c3ccncc3)C(=O)C(=O)N2CCN2CCOCC2)cc1. The first-order chi connectivity index (χ1) is 16.0. The predicted octanol–water partition coefficient (Wildman–Crippen LogP) is 1.62. The van der Waals surface area contributed by atoms with Crippen LogP contribution in [0.4, 0.5) is 0 Å². The van der Waals surface area contributed by atoms with E-state index < -0.39 is 23.7 Å². The number of carbonyl (C=O) groups is 3. The quantitative estimate of drug-likeness (QED) is 0.305. The van der Waals surface area contributed by atoms with E-state index in [1.807, 2.05) is 0 Å². The van der Waals surface area contributed by atoms with Crippen LogP contribution in [0.25, 0.3) is 5.76 Å². The second kappa shape index (κ2) is 9.93. The summed E-state index contributed by atoms with van der Waals surface area (Å²) in [5, 5.41) is 11.0. The topological polar surface area (TPSA) is 109 Å². The summed E-state index contributed by atoms with van der Waals surface area (Å²) >= 11 is 0. The zero-order valence-corrected chi connectivity index (χ0v) is 18.3. The van der Waals surface area contributed by atoms with Crippen LogP contribution < -0.4 is 0 Å². The molecule has 2 aromatic rings. The van der Waals surface area contributed by atoms with Crippen molar-refractivity contribution in [3.8, 4) is 0 Å². The minimum absolute atomic E-state index is 0.0130. The van der Waals surface area contributed by atoms with Gasteiger partial charge in [-0.05, 0) is 29.8 Å². The second-order valence-corrected chi connectivity index (χ2v) is 7.80. The highest BCUT2D eigenvalue weighted by atomic mass is 16.5. The molecule has 1 atom stereocenters. The maximum atomic E-state index is 13.1. The molecule has 0 aliphatic carbocycles. The number of ketones is 1. The Morgan fingerprint density at radius 3 is 2.36 bits per heavy atom. The lowest BCUT2D eigenvalue weighted by molar-refractivity contribution is -0.140. The van der Waals surface area contributed by atoms with Gasteiger partial charge in [0.05, 0.1) is 37.5 Å². The van der Waals surface area contributed by atoms with Crippen LogP contribution in [0.3, 0.4) is 0 Å². The molecular weight excluding hydrogens is 426 g/mol. The lowest BCUT2D eigenvalue weighted by Crippen LogP contribution is -2.42. The smallest absolute Gasteiger partial charge is 0.337 e. The number of esters is 1. The van der Waals surface area contributed by atoms with E-state index in [9.17, 15) is 19.5 Å². The highest BCUT2D eigenvalue weighted by Crippen LogP contribution is 2.39. The summed E-state index contributed by atoms with van der Waals surface area (Å²) in [6.07, 6.45) is 3.01. The number of methoxy groups -OCH3 is 1. The average molecular weight is 451 g/mol. The molecule has 1 N–H and O–H groups in total. The van der Waals surface area contributed by atoms with Crippen LogP contribution in [0.15, 0.2) is 54.4 Å². The number of Topliss-reactive ketones (excluding diaryl/α,β-unsaturated/α-hetero) is 1. The number of aromatic nitrogens is 1. The first kappa shape index (κ1) is 22.6. The predicted molar refractivity (Wildman–Crippen MR) is 118 cm³/mol. The number of aliphatic hydroxyl groups excluding tert-OH is 1. The number of hydrogen-bond donors (Lipinski definition) is 1. The summed E-state index contributed by atoms with van der Waals surface area (Å²) in [6.45, 7) is 3.63. The van der Waals surface area contributed by atoms with Crippen LogP contribution in [-0.2, 0) is 19.1 Å². The van der Waals surface area contributed by atoms with E-state index in [0.717, 1.165) is 13.1 Å². The van der Waals surface area contributed by atoms with Gasteiger partial charge < -0.3 is 19.5 Å². The molecule has 3 heterocycles. The van der Waals surface area contributed by atoms with Crippen molar-refractivity contribution in [3.63, 3.8) is 0 Å². The molecule has 2 saturated heterocycles. The molecular formula is C24H25N3O6. The van der Waals surface area contributed by atoms with Crippen molar-refractivity contribution in [1.82, 2.24) is 14.8 Å². The minimum atomic E-state index is -0.786. The van der Waals surface area contributed by atoms with Gasteiger partial charge >= 0.3 is 5.97 Å². The molecule has 4 rings (SSSR count). The standard InChI is InChI=1S/C24H25N3O6/c1-32-24(31)18-4-2-16(3-5-18)20-19(21(28)17-6-8-25-9-7-17)22(29)23(30)27(20)11-10-26-12-14-33-15-13-26/h2-9,20,28H,10-15H2,1H3/t20-/m1/s1. The Bertz CT molecular complexity index is 1060. The lowest BCUT2D eigenvalue weighted by Gasteiger charge is -2.31. The van der Waals surface area contributed by atoms with Gasteiger partial charge in [-0.15, -0.1) is 0 Å². The number of benzene rings is 1. The van der Waals surface area contributed by atoms with Gasteiger partial charge in [-0.25, -0.2) is 4.79 Å². The van der Waals surface area contributed by atoms with Gasteiger partial charge in [-0.3, -0.25) is 19.5 Å². The molecule has 0 saturated carbocycles. The van der Waals surface area contributed by atoms with E-state index in [1.165, 1.54) is 24.4 Å². The maximum absolute atomic E-state index is 13.1. The molecule has 0 unspecified atom stereocenters. The van der Waals surface area contributed by atoms with Crippen molar-refractivity contribution in [2.45, 2.75) is 6.04 Å². The van der Waals surface area contributed by atoms with Gasteiger partial charge in [0.1, 0.15) is 5.76 Å². The highest BCUT2D eigenvalue weighted by Gasteiger charge is 2.46. The summed E-state index contributed by atoms with van der Waals surface area (Å²) in [4.78, 5) is 45.5. The number of hydrogen-bond acceptors (Lipinski definition) is 8. The molecule has 0 bridgehead atoms. The van der Waals surface area contributed by atoms with E-state index >= 15 is 0 Å². The van der Waals surface area contributed by atoms with Gasteiger partial charge in [-0.1, -0.05) is 12.1 Å². The lowest BCUT2D eigenvalue weighted by atomic mass is 9.95. The maximum Gasteiger partial charge on any atom is 0.337 e. The fraction of sp³-hybridized carbons (Fsp3) is 0.333. The number of amides is 1. The van der Waals surface area contributed by atoms with E-state index in [4.69, 9.17) is 9.47 Å². The average Bonchev–Trinajstić information content (AvgIpc) is 3.12. The third-order valence-electron chi connectivity index (χ3n) is 5.90. The summed E-state index contributed by atoms with van der Waals surface area (Å²) < 4.78 is 10.1. The first-order valence-electron chi connectivity index (χ1n) is 10.7. The van der Waals surface area contributed by atoms with Crippen LogP contribution in [0.1, 0.15) is 27.5 Å². The van der Waals surface area contributed by atoms with Crippen molar-refractivity contribution in [2.75, 3.05) is 46.5 Å². The number of carbonyl (C=O) groups excluding carboxylic acids is 3. The summed E-state index contributed by atoms with van der Waals surface area (Å²) in [7, 11) is 1.30. The fourth-order valence-corrected chi connectivity index (χ4v) is 4.12.